The van der Waals surface area contributed by atoms with Crippen molar-refractivity contribution in [3.05, 3.63) is 54.6 Å². The van der Waals surface area contributed by atoms with Crippen LogP contribution in [0.1, 0.15) is 16.8 Å². The summed E-state index contributed by atoms with van der Waals surface area (Å²) in [5, 5.41) is 0. The summed E-state index contributed by atoms with van der Waals surface area (Å²) in [6, 6.07) is 9.43. The van der Waals surface area contributed by atoms with Crippen LogP contribution in [-0.4, -0.2) is 29.1 Å². The van der Waals surface area contributed by atoms with Crippen molar-refractivity contribution in [2.45, 2.75) is 13.0 Å². The van der Waals surface area contributed by atoms with Gasteiger partial charge in [0, 0.05) is 24.8 Å². The lowest BCUT2D eigenvalue weighted by molar-refractivity contribution is 0.0980. The predicted molar refractivity (Wildman–Crippen MR) is 89.2 cm³/mol. The molecule has 3 heterocycles. The van der Waals surface area contributed by atoms with Crippen molar-refractivity contribution in [3.8, 4) is 17.0 Å². The third kappa shape index (κ3) is 2.46. The van der Waals surface area contributed by atoms with E-state index in [1.807, 2.05) is 35.0 Å². The Balaban J connectivity index is 1.71. The normalized spacial score (nSPS) is 13.6. The number of benzene rings is 1. The van der Waals surface area contributed by atoms with Gasteiger partial charge in [0.25, 0.3) is 5.91 Å². The van der Waals surface area contributed by atoms with E-state index >= 15 is 0 Å². The van der Waals surface area contributed by atoms with E-state index in [0.717, 1.165) is 30.0 Å². The van der Waals surface area contributed by atoms with Crippen molar-refractivity contribution < 1.29 is 13.9 Å². The van der Waals surface area contributed by atoms with E-state index in [1.54, 1.807) is 18.1 Å². The van der Waals surface area contributed by atoms with Crippen LogP contribution in [0.4, 0.5) is 5.95 Å². The van der Waals surface area contributed by atoms with E-state index in [2.05, 4.69) is 0 Å². The van der Waals surface area contributed by atoms with Crippen molar-refractivity contribution in [2.24, 2.45) is 0 Å². The van der Waals surface area contributed by atoms with Gasteiger partial charge in [-0.2, -0.15) is 0 Å². The lowest BCUT2D eigenvalue weighted by atomic mass is 10.1. The topological polar surface area (TPSA) is 60.5 Å². The molecule has 1 aliphatic heterocycles. The first-order chi connectivity index (χ1) is 11.8. The summed E-state index contributed by atoms with van der Waals surface area (Å²) in [7, 11) is 1.64. The minimum atomic E-state index is -0.0903. The Hall–Kier alpha value is -3.02. The highest BCUT2D eigenvalue weighted by atomic mass is 16.5. The highest BCUT2D eigenvalue weighted by Crippen LogP contribution is 2.29. The van der Waals surface area contributed by atoms with Gasteiger partial charge < -0.3 is 13.7 Å². The summed E-state index contributed by atoms with van der Waals surface area (Å²) in [6.45, 7) is 1.50. The van der Waals surface area contributed by atoms with Gasteiger partial charge in [-0.3, -0.25) is 9.69 Å². The summed E-state index contributed by atoms with van der Waals surface area (Å²) < 4.78 is 12.3. The van der Waals surface area contributed by atoms with E-state index in [0.29, 0.717) is 18.1 Å². The number of amides is 1. The van der Waals surface area contributed by atoms with Gasteiger partial charge in [-0.05, 0) is 24.6 Å². The number of ether oxygens (including phenoxy) is 1. The Morgan fingerprint density at radius 2 is 2.21 bits per heavy atom. The van der Waals surface area contributed by atoms with Crippen LogP contribution in [0.25, 0.3) is 11.3 Å². The second-order valence-corrected chi connectivity index (χ2v) is 5.67. The first-order valence-electron chi connectivity index (χ1n) is 7.82. The molecule has 3 aromatic rings. The zero-order valence-electron chi connectivity index (χ0n) is 13.3. The molecule has 6 heteroatoms. The maximum Gasteiger partial charge on any atom is 0.263 e. The van der Waals surface area contributed by atoms with Gasteiger partial charge >= 0.3 is 0 Å². The third-order valence-electron chi connectivity index (χ3n) is 4.16. The van der Waals surface area contributed by atoms with Gasteiger partial charge in [0.15, 0.2) is 0 Å². The van der Waals surface area contributed by atoms with Gasteiger partial charge in [-0.25, -0.2) is 4.98 Å². The second kappa shape index (κ2) is 5.88. The number of carbonyl (C=O) groups excluding carboxylic acids is 1. The lowest BCUT2D eigenvalue weighted by Gasteiger charge is -2.26. The molecule has 0 saturated carbocycles. The molecule has 0 N–H and O–H groups in total. The zero-order chi connectivity index (χ0) is 16.5. The molecule has 1 aromatic carbocycles. The molecule has 0 bridgehead atoms. The average molecular weight is 323 g/mol. The first kappa shape index (κ1) is 14.6. The number of carbonyl (C=O) groups is 1. The molecule has 1 amide bonds. The van der Waals surface area contributed by atoms with Gasteiger partial charge in [-0.15, -0.1) is 0 Å². The molecule has 0 radical (unpaired) electrons. The minimum absolute atomic E-state index is 0.0903. The molecular formula is C18H17N3O3. The van der Waals surface area contributed by atoms with E-state index in [9.17, 15) is 4.79 Å². The Morgan fingerprint density at radius 3 is 3.00 bits per heavy atom. The highest BCUT2D eigenvalue weighted by molar-refractivity contribution is 6.05. The second-order valence-electron chi connectivity index (χ2n) is 5.67. The minimum Gasteiger partial charge on any atom is -0.497 e. The molecule has 0 spiro atoms. The first-order valence-corrected chi connectivity index (χ1v) is 7.82. The zero-order valence-corrected chi connectivity index (χ0v) is 13.3. The standard InChI is InChI=1S/C18H17N3O3/c1-23-15-5-2-4-13(10-15)16-11-20-7-3-8-21(18(20)19-16)17(22)14-6-9-24-12-14/h2,4-6,9-12H,3,7-8H2,1H3. The molecule has 0 unspecified atom stereocenters. The fourth-order valence-electron chi connectivity index (χ4n) is 2.94. The average Bonchev–Trinajstić information content (AvgIpc) is 3.30. The molecule has 1 aliphatic rings. The van der Waals surface area contributed by atoms with E-state index < -0.39 is 0 Å². The van der Waals surface area contributed by atoms with E-state index in [4.69, 9.17) is 14.1 Å². The molecule has 0 aliphatic carbocycles. The number of furan rings is 1. The molecule has 0 atom stereocenters. The van der Waals surface area contributed by atoms with Crippen molar-refractivity contribution in [1.82, 2.24) is 9.55 Å². The van der Waals surface area contributed by atoms with Crippen LogP contribution in [0.5, 0.6) is 5.75 Å². The number of aryl methyl sites for hydroxylation is 1. The summed E-state index contributed by atoms with van der Waals surface area (Å²) in [5.41, 5.74) is 2.33. The Morgan fingerprint density at radius 1 is 1.29 bits per heavy atom. The van der Waals surface area contributed by atoms with Crippen LogP contribution >= 0.6 is 0 Å². The highest BCUT2D eigenvalue weighted by Gasteiger charge is 2.27. The number of imidazole rings is 1. The molecule has 2 aromatic heterocycles. The summed E-state index contributed by atoms with van der Waals surface area (Å²) in [6.07, 6.45) is 5.85. The van der Waals surface area contributed by atoms with Crippen LogP contribution in [0.3, 0.4) is 0 Å². The van der Waals surface area contributed by atoms with Crippen LogP contribution in [0.2, 0.25) is 0 Å². The molecule has 6 nitrogen and oxygen atoms in total. The van der Waals surface area contributed by atoms with Gasteiger partial charge in [0.1, 0.15) is 12.0 Å². The Labute approximate surface area is 139 Å². The lowest BCUT2D eigenvalue weighted by Crippen LogP contribution is -2.37. The van der Waals surface area contributed by atoms with Gasteiger partial charge in [-0.1, -0.05) is 12.1 Å². The predicted octanol–water partition coefficient (Wildman–Crippen LogP) is 3.20. The van der Waals surface area contributed by atoms with Crippen molar-refractivity contribution in [1.29, 1.82) is 0 Å². The molecule has 4 rings (SSSR count). The summed E-state index contributed by atoms with van der Waals surface area (Å²) in [5.74, 6) is 1.36. The van der Waals surface area contributed by atoms with Crippen molar-refractivity contribution in [3.63, 3.8) is 0 Å². The quantitative estimate of drug-likeness (QED) is 0.742. The Kier molecular flexibility index (Phi) is 3.57. The maximum atomic E-state index is 12.7. The number of hydrogen-bond donors (Lipinski definition) is 0. The SMILES string of the molecule is COc1cccc(-c2cn3c(n2)N(C(=O)c2ccoc2)CCC3)c1. The number of hydrogen-bond acceptors (Lipinski definition) is 4. The smallest absolute Gasteiger partial charge is 0.263 e. The summed E-state index contributed by atoms with van der Waals surface area (Å²) >= 11 is 0. The number of fused-ring (bicyclic) bond motifs is 1. The fourth-order valence-corrected chi connectivity index (χ4v) is 2.94. The fraction of sp³-hybridized carbons (Fsp3) is 0.222. The summed E-state index contributed by atoms with van der Waals surface area (Å²) in [4.78, 5) is 19.1. The maximum absolute atomic E-state index is 12.7. The van der Waals surface area contributed by atoms with Crippen LogP contribution in [0.15, 0.2) is 53.5 Å². The van der Waals surface area contributed by atoms with E-state index in [1.165, 1.54) is 12.5 Å². The number of methoxy groups -OCH3 is 1. The molecular weight excluding hydrogens is 306 g/mol. The molecule has 122 valence electrons. The van der Waals surface area contributed by atoms with Gasteiger partial charge in [0.2, 0.25) is 5.95 Å². The monoisotopic (exact) mass is 323 g/mol. The molecule has 0 fully saturated rings. The van der Waals surface area contributed by atoms with E-state index in [-0.39, 0.29) is 5.91 Å². The third-order valence-corrected chi connectivity index (χ3v) is 4.16. The number of rotatable bonds is 3. The van der Waals surface area contributed by atoms with Crippen LogP contribution in [0, 0.1) is 0 Å². The Bertz CT molecular complexity index is 868. The number of anilines is 1. The van der Waals surface area contributed by atoms with Crippen molar-refractivity contribution >= 4 is 11.9 Å². The van der Waals surface area contributed by atoms with Crippen LogP contribution in [-0.2, 0) is 6.54 Å². The largest absolute Gasteiger partial charge is 0.497 e. The number of nitrogens with zero attached hydrogens (tertiary/aromatic N) is 3. The van der Waals surface area contributed by atoms with Gasteiger partial charge in [0.05, 0.1) is 24.6 Å². The number of aromatic nitrogens is 2. The van der Waals surface area contributed by atoms with Crippen LogP contribution < -0.4 is 9.64 Å². The van der Waals surface area contributed by atoms with Crippen molar-refractivity contribution in [2.75, 3.05) is 18.6 Å². The molecule has 24 heavy (non-hydrogen) atoms. The molecule has 0 saturated heterocycles.